The maximum Gasteiger partial charge on any atom is 0.417 e. The van der Waals surface area contributed by atoms with Crippen LogP contribution in [0.3, 0.4) is 0 Å². The number of benzene rings is 2. The molecular formula is C20H12F3N3O3. The number of hydrogen-bond donors (Lipinski definition) is 2. The van der Waals surface area contributed by atoms with Gasteiger partial charge in [0.05, 0.1) is 29.4 Å². The Labute approximate surface area is 162 Å². The summed E-state index contributed by atoms with van der Waals surface area (Å²) in [7, 11) is 0. The van der Waals surface area contributed by atoms with E-state index in [-0.39, 0.29) is 23.7 Å². The van der Waals surface area contributed by atoms with Gasteiger partial charge < -0.3 is 10.2 Å². The van der Waals surface area contributed by atoms with Gasteiger partial charge >= 0.3 is 11.9 Å². The van der Waals surface area contributed by atoms with Crippen LogP contribution in [0.1, 0.15) is 11.1 Å². The minimum absolute atomic E-state index is 0.0223. The summed E-state index contributed by atoms with van der Waals surface area (Å²) in [6.07, 6.45) is 0.460. The van der Waals surface area contributed by atoms with Crippen LogP contribution in [-0.4, -0.2) is 19.3 Å². The third-order valence-corrected chi connectivity index (χ3v) is 4.19. The molecule has 0 unspecified atom stereocenters. The van der Waals surface area contributed by atoms with Crippen molar-refractivity contribution in [2.24, 2.45) is 0 Å². The van der Waals surface area contributed by atoms with Crippen LogP contribution in [-0.2, 0) is 12.7 Å². The van der Waals surface area contributed by atoms with Crippen LogP contribution >= 0.6 is 0 Å². The van der Waals surface area contributed by atoms with E-state index in [0.29, 0.717) is 16.2 Å². The monoisotopic (exact) mass is 399 g/mol. The van der Waals surface area contributed by atoms with Gasteiger partial charge in [0, 0.05) is 5.56 Å². The topological polar surface area (TPSA) is 91.2 Å². The van der Waals surface area contributed by atoms with Gasteiger partial charge in [0.2, 0.25) is 5.88 Å². The van der Waals surface area contributed by atoms with Crippen LogP contribution in [0, 0.1) is 23.7 Å². The SMILES string of the molecule is C#CCn1c(-c2ccc(O)cc2)c(O)n(-c2ccc(C#N)c(C(F)(F)F)c2)c1=O. The first-order chi connectivity index (χ1) is 13.7. The summed E-state index contributed by atoms with van der Waals surface area (Å²) < 4.78 is 41.5. The maximum atomic E-state index is 13.3. The first-order valence-electron chi connectivity index (χ1n) is 8.08. The van der Waals surface area contributed by atoms with Gasteiger partial charge in [0.25, 0.3) is 0 Å². The predicted molar refractivity (Wildman–Crippen MR) is 97.3 cm³/mol. The van der Waals surface area contributed by atoms with Crippen molar-refractivity contribution < 1.29 is 23.4 Å². The number of hydrogen-bond acceptors (Lipinski definition) is 4. The zero-order chi connectivity index (χ0) is 21.3. The first-order valence-corrected chi connectivity index (χ1v) is 8.08. The summed E-state index contributed by atoms with van der Waals surface area (Å²) in [4.78, 5) is 12.8. The molecule has 0 atom stereocenters. The highest BCUT2D eigenvalue weighted by Gasteiger charge is 2.34. The number of halogens is 3. The normalized spacial score (nSPS) is 11.1. The highest BCUT2D eigenvalue weighted by Crippen LogP contribution is 2.35. The van der Waals surface area contributed by atoms with E-state index in [1.54, 1.807) is 0 Å². The minimum Gasteiger partial charge on any atom is -0.508 e. The Hall–Kier alpha value is -4.11. The van der Waals surface area contributed by atoms with Gasteiger partial charge in [0.15, 0.2) is 0 Å². The summed E-state index contributed by atoms with van der Waals surface area (Å²) in [5, 5.41) is 29.0. The van der Waals surface area contributed by atoms with Crippen molar-refractivity contribution in [1.29, 1.82) is 5.26 Å². The molecule has 0 saturated carbocycles. The largest absolute Gasteiger partial charge is 0.508 e. The molecule has 0 aliphatic carbocycles. The van der Waals surface area contributed by atoms with Gasteiger partial charge in [-0.3, -0.25) is 4.57 Å². The smallest absolute Gasteiger partial charge is 0.417 e. The highest BCUT2D eigenvalue weighted by molar-refractivity contribution is 5.67. The van der Waals surface area contributed by atoms with Crippen LogP contribution in [0.15, 0.2) is 47.3 Å². The average molecular weight is 399 g/mol. The van der Waals surface area contributed by atoms with Crippen molar-refractivity contribution >= 4 is 0 Å². The summed E-state index contributed by atoms with van der Waals surface area (Å²) in [5.41, 5.74) is -2.70. The van der Waals surface area contributed by atoms with E-state index in [1.807, 2.05) is 0 Å². The Kier molecular flexibility index (Phi) is 4.83. The van der Waals surface area contributed by atoms with Crippen molar-refractivity contribution in [3.8, 4) is 47.0 Å². The van der Waals surface area contributed by atoms with E-state index < -0.39 is 28.9 Å². The van der Waals surface area contributed by atoms with Gasteiger partial charge in [0.1, 0.15) is 11.4 Å². The van der Waals surface area contributed by atoms with Crippen LogP contribution in [0.2, 0.25) is 0 Å². The lowest BCUT2D eigenvalue weighted by molar-refractivity contribution is -0.137. The molecule has 1 aromatic heterocycles. The molecular weight excluding hydrogens is 387 g/mol. The quantitative estimate of drug-likeness (QED) is 0.662. The molecule has 3 rings (SSSR count). The number of phenols is 1. The maximum absolute atomic E-state index is 13.3. The molecule has 0 fully saturated rings. The molecule has 0 saturated heterocycles. The zero-order valence-electron chi connectivity index (χ0n) is 14.6. The van der Waals surface area contributed by atoms with Crippen molar-refractivity contribution in [1.82, 2.24) is 9.13 Å². The van der Waals surface area contributed by atoms with Crippen LogP contribution in [0.5, 0.6) is 11.6 Å². The second kappa shape index (κ2) is 7.13. The fourth-order valence-corrected chi connectivity index (χ4v) is 2.91. The Morgan fingerprint density at radius 2 is 1.76 bits per heavy atom. The molecule has 0 radical (unpaired) electrons. The number of imidazole rings is 1. The van der Waals surface area contributed by atoms with E-state index in [2.05, 4.69) is 5.92 Å². The number of terminal acetylenes is 1. The Morgan fingerprint density at radius 3 is 2.31 bits per heavy atom. The third kappa shape index (κ3) is 3.42. The third-order valence-electron chi connectivity index (χ3n) is 4.19. The number of aromatic nitrogens is 2. The summed E-state index contributed by atoms with van der Waals surface area (Å²) in [5.74, 6) is 1.57. The summed E-state index contributed by atoms with van der Waals surface area (Å²) >= 11 is 0. The number of phenolic OH excluding ortho intramolecular Hbond substituents is 1. The van der Waals surface area contributed by atoms with E-state index in [9.17, 15) is 28.2 Å². The summed E-state index contributed by atoms with van der Waals surface area (Å²) in [6.45, 7) is -0.252. The van der Waals surface area contributed by atoms with Gasteiger partial charge in [-0.05, 0) is 42.5 Å². The Balaban J connectivity index is 2.31. The summed E-state index contributed by atoms with van der Waals surface area (Å²) in [6, 6.07) is 9.58. The molecule has 0 amide bonds. The van der Waals surface area contributed by atoms with E-state index in [4.69, 9.17) is 11.7 Å². The van der Waals surface area contributed by atoms with Gasteiger partial charge in [-0.25, -0.2) is 9.36 Å². The molecule has 6 nitrogen and oxygen atoms in total. The average Bonchev–Trinajstić information content (AvgIpc) is 2.92. The van der Waals surface area contributed by atoms with Crippen LogP contribution < -0.4 is 5.69 Å². The fourth-order valence-electron chi connectivity index (χ4n) is 2.91. The minimum atomic E-state index is -4.83. The van der Waals surface area contributed by atoms with Gasteiger partial charge in [-0.1, -0.05) is 5.92 Å². The molecule has 0 bridgehead atoms. The lowest BCUT2D eigenvalue weighted by Crippen LogP contribution is -2.23. The van der Waals surface area contributed by atoms with Crippen LogP contribution in [0.25, 0.3) is 16.9 Å². The molecule has 29 heavy (non-hydrogen) atoms. The van der Waals surface area contributed by atoms with Crippen molar-refractivity contribution in [2.75, 3.05) is 0 Å². The Morgan fingerprint density at radius 1 is 1.10 bits per heavy atom. The number of nitrogens with zero attached hydrogens (tertiary/aromatic N) is 3. The molecule has 2 aromatic carbocycles. The second-order valence-electron chi connectivity index (χ2n) is 5.97. The van der Waals surface area contributed by atoms with Crippen LogP contribution in [0.4, 0.5) is 13.2 Å². The van der Waals surface area contributed by atoms with E-state index >= 15 is 0 Å². The van der Waals surface area contributed by atoms with Gasteiger partial charge in [-0.2, -0.15) is 18.4 Å². The molecule has 0 aliphatic rings. The Bertz CT molecular complexity index is 1220. The molecule has 146 valence electrons. The van der Waals surface area contributed by atoms with Crippen molar-refractivity contribution in [3.05, 3.63) is 64.1 Å². The van der Waals surface area contributed by atoms with Crippen molar-refractivity contribution in [2.45, 2.75) is 12.7 Å². The van der Waals surface area contributed by atoms with Crippen molar-refractivity contribution in [3.63, 3.8) is 0 Å². The highest BCUT2D eigenvalue weighted by atomic mass is 19.4. The predicted octanol–water partition coefficient (Wildman–Crippen LogP) is 3.24. The molecule has 3 aromatic rings. The standard InChI is InChI=1S/C20H12F3N3O3/c1-2-9-25-17(12-4-7-15(27)8-5-12)18(28)26(19(25)29)14-6-3-13(11-24)16(10-14)20(21,22)23/h1,3-8,10,27-28H,9H2. The molecule has 2 N–H and O–H groups in total. The lowest BCUT2D eigenvalue weighted by Gasteiger charge is -2.11. The molecule has 9 heteroatoms. The number of nitriles is 1. The zero-order valence-corrected chi connectivity index (χ0v) is 14.6. The fraction of sp³-hybridized carbons (Fsp3) is 0.100. The number of alkyl halides is 3. The second-order valence-corrected chi connectivity index (χ2v) is 5.97. The van der Waals surface area contributed by atoms with E-state index in [1.165, 1.54) is 30.3 Å². The molecule has 0 aliphatic heterocycles. The number of rotatable bonds is 3. The number of aromatic hydroxyl groups is 2. The van der Waals surface area contributed by atoms with Gasteiger partial charge in [-0.15, -0.1) is 6.42 Å². The first kappa shape index (κ1) is 19.6. The van der Waals surface area contributed by atoms with E-state index in [0.717, 1.165) is 16.7 Å². The lowest BCUT2D eigenvalue weighted by atomic mass is 10.1. The molecule has 1 heterocycles. The molecule has 0 spiro atoms.